The molecule has 0 bridgehead atoms. The molecule has 2 N–H and O–H groups in total. The maximum absolute atomic E-state index is 12.3. The van der Waals surface area contributed by atoms with Gasteiger partial charge in [-0.2, -0.15) is 0 Å². The summed E-state index contributed by atoms with van der Waals surface area (Å²) in [5.41, 5.74) is 1.48. The largest absolute Gasteiger partial charge is 0.493 e. The average Bonchev–Trinajstić information content (AvgIpc) is 2.99. The fourth-order valence-corrected chi connectivity index (χ4v) is 3.97. The first kappa shape index (κ1) is 20.2. The number of para-hydroxylation sites is 1. The number of methoxy groups -OCH3 is 1. The average molecular weight is 510 g/mol. The highest BCUT2D eigenvalue weighted by atomic mass is 127. The van der Waals surface area contributed by atoms with Crippen molar-refractivity contribution >= 4 is 63.2 Å². The minimum Gasteiger partial charge on any atom is -0.493 e. The molecule has 144 valence electrons. The normalized spacial score (nSPS) is 16.3. The lowest BCUT2D eigenvalue weighted by Crippen LogP contribution is -2.19. The van der Waals surface area contributed by atoms with E-state index in [1.165, 1.54) is 18.9 Å². The predicted molar refractivity (Wildman–Crippen MR) is 116 cm³/mol. The van der Waals surface area contributed by atoms with Gasteiger partial charge in [-0.1, -0.05) is 18.2 Å². The lowest BCUT2D eigenvalue weighted by molar-refractivity contribution is -0.139. The van der Waals surface area contributed by atoms with E-state index in [1.54, 1.807) is 18.2 Å². The first-order valence-corrected chi connectivity index (χ1v) is 9.92. The number of aliphatic imine (C=N–C) groups is 1. The van der Waals surface area contributed by atoms with Crippen LogP contribution in [0.3, 0.4) is 0 Å². The van der Waals surface area contributed by atoms with Crippen LogP contribution in [0.4, 0.5) is 5.69 Å². The Hall–Kier alpha value is -2.53. The van der Waals surface area contributed by atoms with E-state index in [9.17, 15) is 9.59 Å². The first-order chi connectivity index (χ1) is 13.5. The zero-order chi connectivity index (χ0) is 20.1. The van der Waals surface area contributed by atoms with Gasteiger partial charge < -0.3 is 19.9 Å². The van der Waals surface area contributed by atoms with Crippen LogP contribution in [0.2, 0.25) is 0 Å². The van der Waals surface area contributed by atoms with Crippen LogP contribution in [0, 0.1) is 3.57 Å². The number of halogens is 1. The second-order valence-corrected chi connectivity index (χ2v) is 7.73. The number of thioether (sulfide) groups is 1. The summed E-state index contributed by atoms with van der Waals surface area (Å²) >= 11 is 3.28. The number of benzene rings is 2. The Balaban J connectivity index is 1.84. The molecule has 9 heteroatoms. The summed E-state index contributed by atoms with van der Waals surface area (Å²) in [5.74, 6) is -0.572. The third-order valence-electron chi connectivity index (χ3n) is 3.53. The summed E-state index contributed by atoms with van der Waals surface area (Å²) in [4.78, 5) is 27.9. The van der Waals surface area contributed by atoms with E-state index in [4.69, 9.17) is 14.6 Å². The van der Waals surface area contributed by atoms with Gasteiger partial charge in [0.25, 0.3) is 5.91 Å². The summed E-state index contributed by atoms with van der Waals surface area (Å²) in [6, 6.07) is 12.8. The zero-order valence-electron chi connectivity index (χ0n) is 14.6. The van der Waals surface area contributed by atoms with Crippen LogP contribution in [0.1, 0.15) is 5.56 Å². The number of aliphatic carboxylic acids is 1. The van der Waals surface area contributed by atoms with Crippen LogP contribution < -0.4 is 14.8 Å². The number of nitrogens with zero attached hydrogens (tertiary/aromatic N) is 1. The molecule has 0 saturated carbocycles. The molecule has 0 unspecified atom stereocenters. The molecule has 0 aliphatic carbocycles. The molecule has 1 aliphatic rings. The molecular weight excluding hydrogens is 495 g/mol. The van der Waals surface area contributed by atoms with Crippen LogP contribution in [-0.2, 0) is 9.59 Å². The topological polar surface area (TPSA) is 97.2 Å². The molecule has 0 radical (unpaired) electrons. The van der Waals surface area contributed by atoms with Crippen LogP contribution in [0.25, 0.3) is 6.08 Å². The molecule has 0 aromatic heterocycles. The van der Waals surface area contributed by atoms with Crippen LogP contribution in [0.15, 0.2) is 52.4 Å². The van der Waals surface area contributed by atoms with Crippen LogP contribution in [0.5, 0.6) is 11.5 Å². The van der Waals surface area contributed by atoms with E-state index in [0.717, 1.165) is 11.3 Å². The van der Waals surface area contributed by atoms with Crippen molar-refractivity contribution in [2.45, 2.75) is 0 Å². The summed E-state index contributed by atoms with van der Waals surface area (Å²) < 4.78 is 11.3. The van der Waals surface area contributed by atoms with E-state index >= 15 is 0 Å². The number of ether oxygens (including phenoxy) is 2. The Bertz CT molecular complexity index is 976. The van der Waals surface area contributed by atoms with Crippen molar-refractivity contribution in [2.75, 3.05) is 13.7 Å². The second-order valence-electron chi connectivity index (χ2n) is 5.53. The number of carbonyl (C=O) groups excluding carboxylic acids is 1. The third-order valence-corrected chi connectivity index (χ3v) is 5.24. The molecule has 2 aromatic rings. The van der Waals surface area contributed by atoms with Gasteiger partial charge in [0.2, 0.25) is 0 Å². The molecule has 1 saturated heterocycles. The van der Waals surface area contributed by atoms with E-state index in [2.05, 4.69) is 10.3 Å². The minimum atomic E-state index is -1.08. The van der Waals surface area contributed by atoms with Crippen molar-refractivity contribution in [1.82, 2.24) is 5.32 Å². The summed E-state index contributed by atoms with van der Waals surface area (Å²) in [7, 11) is 1.47. The van der Waals surface area contributed by atoms with Gasteiger partial charge in [0.15, 0.2) is 23.3 Å². The minimum absolute atomic E-state index is 0.236. The monoisotopic (exact) mass is 510 g/mol. The lowest BCUT2D eigenvalue weighted by Gasteiger charge is -2.12. The molecule has 3 rings (SSSR count). The Kier molecular flexibility index (Phi) is 6.57. The van der Waals surface area contributed by atoms with Crippen molar-refractivity contribution < 1.29 is 24.2 Å². The number of amides is 1. The van der Waals surface area contributed by atoms with E-state index in [-0.39, 0.29) is 5.91 Å². The van der Waals surface area contributed by atoms with Gasteiger partial charge in [-0.25, -0.2) is 9.79 Å². The summed E-state index contributed by atoms with van der Waals surface area (Å²) in [6.45, 7) is -0.468. The van der Waals surface area contributed by atoms with Gasteiger partial charge in [-0.3, -0.25) is 4.79 Å². The highest BCUT2D eigenvalue weighted by molar-refractivity contribution is 14.1. The second kappa shape index (κ2) is 9.11. The van der Waals surface area contributed by atoms with Crippen molar-refractivity contribution in [3.63, 3.8) is 0 Å². The van der Waals surface area contributed by atoms with Crippen molar-refractivity contribution in [3.8, 4) is 11.5 Å². The number of hydrogen-bond donors (Lipinski definition) is 2. The molecule has 2 aromatic carbocycles. The van der Waals surface area contributed by atoms with E-state index in [1.807, 2.05) is 52.9 Å². The molecule has 1 aliphatic heterocycles. The highest BCUT2D eigenvalue weighted by Gasteiger charge is 2.24. The number of nitrogens with one attached hydrogen (secondary N) is 1. The van der Waals surface area contributed by atoms with Gasteiger partial charge in [-0.05, 0) is 70.3 Å². The van der Waals surface area contributed by atoms with Crippen molar-refractivity contribution in [1.29, 1.82) is 0 Å². The van der Waals surface area contributed by atoms with Crippen molar-refractivity contribution in [3.05, 3.63) is 56.5 Å². The molecule has 0 spiro atoms. The Morgan fingerprint density at radius 2 is 2.07 bits per heavy atom. The fraction of sp³-hybridized carbons (Fsp3) is 0.105. The zero-order valence-corrected chi connectivity index (χ0v) is 17.6. The number of rotatable bonds is 6. The fourth-order valence-electron chi connectivity index (χ4n) is 2.35. The summed E-state index contributed by atoms with van der Waals surface area (Å²) in [6.07, 6.45) is 1.72. The molecular formula is C19H15IN2O5S. The lowest BCUT2D eigenvalue weighted by atomic mass is 10.2. The smallest absolute Gasteiger partial charge is 0.341 e. The molecule has 28 heavy (non-hydrogen) atoms. The number of carboxylic acid groups (broad SMARTS) is 1. The van der Waals surface area contributed by atoms with Crippen LogP contribution in [-0.4, -0.2) is 35.9 Å². The van der Waals surface area contributed by atoms with Crippen molar-refractivity contribution in [2.24, 2.45) is 4.99 Å². The molecule has 1 fully saturated rings. The Labute approximate surface area is 179 Å². The van der Waals surface area contributed by atoms with E-state index < -0.39 is 12.6 Å². The maximum Gasteiger partial charge on any atom is 0.341 e. The molecule has 1 amide bonds. The van der Waals surface area contributed by atoms with Gasteiger partial charge in [0.1, 0.15) is 0 Å². The Morgan fingerprint density at radius 1 is 1.32 bits per heavy atom. The SMILES string of the molecule is COc1cc(/C=C2\SC(=Nc3ccccc3)NC2=O)cc(I)c1OCC(=O)O. The predicted octanol–water partition coefficient (Wildman–Crippen LogP) is 3.65. The van der Waals surface area contributed by atoms with Gasteiger partial charge in [0.05, 0.1) is 21.3 Å². The van der Waals surface area contributed by atoms with Gasteiger partial charge >= 0.3 is 5.97 Å². The molecule has 7 nitrogen and oxygen atoms in total. The summed E-state index contributed by atoms with van der Waals surface area (Å²) in [5, 5.41) is 12.0. The number of carbonyl (C=O) groups is 2. The number of carboxylic acids is 1. The number of amidine groups is 1. The highest BCUT2D eigenvalue weighted by Crippen LogP contribution is 2.36. The first-order valence-electron chi connectivity index (χ1n) is 8.03. The van der Waals surface area contributed by atoms with Crippen LogP contribution >= 0.6 is 34.4 Å². The molecule has 0 atom stereocenters. The maximum atomic E-state index is 12.3. The standard InChI is InChI=1S/C19H15IN2O5S/c1-26-14-8-11(7-13(20)17(14)27-10-16(23)24)9-15-18(25)22-19(28-15)21-12-5-3-2-4-6-12/h2-9H,10H2,1H3,(H,23,24)(H,21,22,25)/b15-9-. The quantitative estimate of drug-likeness (QED) is 0.455. The molecule has 1 heterocycles. The number of hydrogen-bond acceptors (Lipinski definition) is 6. The Morgan fingerprint density at radius 3 is 2.75 bits per heavy atom. The van der Waals surface area contributed by atoms with Gasteiger partial charge in [0, 0.05) is 0 Å². The third kappa shape index (κ3) is 5.04. The van der Waals surface area contributed by atoms with Gasteiger partial charge in [-0.15, -0.1) is 0 Å². The van der Waals surface area contributed by atoms with E-state index in [0.29, 0.717) is 25.1 Å².